The smallest absolute Gasteiger partial charge is 0.165 e. The van der Waals surface area contributed by atoms with Gasteiger partial charge in [0.05, 0.1) is 5.54 Å². The van der Waals surface area contributed by atoms with E-state index in [-0.39, 0.29) is 5.54 Å². The van der Waals surface area contributed by atoms with E-state index >= 15 is 0 Å². The second-order valence-electron chi connectivity index (χ2n) is 4.56. The molecule has 0 saturated heterocycles. The van der Waals surface area contributed by atoms with Gasteiger partial charge in [-0.3, -0.25) is 5.32 Å². The first-order chi connectivity index (χ1) is 8.12. The van der Waals surface area contributed by atoms with E-state index in [0.29, 0.717) is 19.8 Å². The molecule has 0 radical (unpaired) electrons. The van der Waals surface area contributed by atoms with Crippen LogP contribution in [-0.4, -0.2) is 18.8 Å². The van der Waals surface area contributed by atoms with Crippen molar-refractivity contribution in [3.8, 4) is 23.8 Å². The second-order valence-corrected chi connectivity index (χ2v) is 4.56. The Morgan fingerprint density at radius 1 is 1.35 bits per heavy atom. The van der Waals surface area contributed by atoms with Gasteiger partial charge in [0.25, 0.3) is 0 Å². The highest BCUT2D eigenvalue weighted by Gasteiger charge is 2.18. The van der Waals surface area contributed by atoms with Crippen molar-refractivity contribution in [2.45, 2.75) is 25.9 Å². The van der Waals surface area contributed by atoms with Crippen LogP contribution in [0.4, 0.5) is 0 Å². The number of fused-ring (bicyclic) bond motifs is 1. The maximum absolute atomic E-state index is 5.64. The number of hydrogen-bond donors (Lipinski definition) is 1. The maximum Gasteiger partial charge on any atom is 0.165 e. The third-order valence-corrected chi connectivity index (χ3v) is 2.73. The van der Waals surface area contributed by atoms with Crippen LogP contribution >= 0.6 is 0 Å². The molecule has 0 fully saturated rings. The molecule has 1 heterocycles. The van der Waals surface area contributed by atoms with Gasteiger partial charge in [0, 0.05) is 12.1 Å². The highest BCUT2D eigenvalue weighted by Crippen LogP contribution is 2.33. The molecule has 1 aromatic carbocycles. The summed E-state index contributed by atoms with van der Waals surface area (Å²) in [5, 5.41) is 3.30. The fourth-order valence-corrected chi connectivity index (χ4v) is 1.64. The van der Waals surface area contributed by atoms with Crippen LogP contribution in [0.1, 0.15) is 19.4 Å². The average Bonchev–Trinajstić information content (AvgIpc) is 2.36. The molecule has 90 valence electrons. The average molecular weight is 231 g/mol. The van der Waals surface area contributed by atoms with Crippen LogP contribution in [0.15, 0.2) is 18.2 Å². The van der Waals surface area contributed by atoms with E-state index < -0.39 is 0 Å². The Hall–Kier alpha value is -1.66. The molecule has 0 aliphatic carbocycles. The predicted octanol–water partition coefficient (Wildman–Crippen LogP) is 1.96. The highest BCUT2D eigenvalue weighted by atomic mass is 16.6. The molecule has 1 aromatic rings. The molecule has 0 atom stereocenters. The van der Waals surface area contributed by atoms with Crippen LogP contribution in [-0.2, 0) is 6.54 Å². The third-order valence-electron chi connectivity index (χ3n) is 2.73. The SMILES string of the molecule is C#CC(C)(C)NCc1cccc2c1OCCO2. The summed E-state index contributed by atoms with van der Waals surface area (Å²) in [6, 6.07) is 5.91. The van der Waals surface area contributed by atoms with Gasteiger partial charge in [-0.2, -0.15) is 0 Å². The molecule has 1 N–H and O–H groups in total. The second kappa shape index (κ2) is 4.68. The molecule has 1 aliphatic rings. The number of nitrogens with one attached hydrogen (secondary N) is 1. The first-order valence-corrected chi connectivity index (χ1v) is 5.73. The Bertz CT molecular complexity index is 446. The number of ether oxygens (including phenoxy) is 2. The van der Waals surface area contributed by atoms with Crippen molar-refractivity contribution in [2.24, 2.45) is 0 Å². The Morgan fingerprint density at radius 2 is 2.12 bits per heavy atom. The van der Waals surface area contributed by atoms with Crippen molar-refractivity contribution in [2.75, 3.05) is 13.2 Å². The lowest BCUT2D eigenvalue weighted by molar-refractivity contribution is 0.169. The van der Waals surface area contributed by atoms with Gasteiger partial charge in [-0.1, -0.05) is 18.1 Å². The number of hydrogen-bond acceptors (Lipinski definition) is 3. The Labute approximate surface area is 102 Å². The van der Waals surface area contributed by atoms with E-state index in [2.05, 4.69) is 11.2 Å². The highest BCUT2D eigenvalue weighted by molar-refractivity contribution is 5.47. The molecule has 2 rings (SSSR count). The van der Waals surface area contributed by atoms with Gasteiger partial charge in [-0.05, 0) is 19.9 Å². The van der Waals surface area contributed by atoms with Crippen molar-refractivity contribution in [1.29, 1.82) is 0 Å². The van der Waals surface area contributed by atoms with E-state index in [1.165, 1.54) is 0 Å². The van der Waals surface area contributed by atoms with E-state index in [9.17, 15) is 0 Å². The molecular weight excluding hydrogens is 214 g/mol. The molecule has 3 nitrogen and oxygen atoms in total. The molecule has 0 saturated carbocycles. The largest absolute Gasteiger partial charge is 0.486 e. The quantitative estimate of drug-likeness (QED) is 0.807. The van der Waals surface area contributed by atoms with Gasteiger partial charge in [-0.15, -0.1) is 6.42 Å². The van der Waals surface area contributed by atoms with E-state index in [0.717, 1.165) is 17.1 Å². The number of rotatable bonds is 3. The number of benzene rings is 1. The molecule has 0 bridgehead atoms. The first-order valence-electron chi connectivity index (χ1n) is 5.73. The predicted molar refractivity (Wildman–Crippen MR) is 67.2 cm³/mol. The van der Waals surface area contributed by atoms with Gasteiger partial charge in [0.1, 0.15) is 13.2 Å². The maximum atomic E-state index is 5.64. The summed E-state index contributed by atoms with van der Waals surface area (Å²) >= 11 is 0. The van der Waals surface area contributed by atoms with Gasteiger partial charge in [-0.25, -0.2) is 0 Å². The fourth-order valence-electron chi connectivity index (χ4n) is 1.64. The lowest BCUT2D eigenvalue weighted by atomic mass is 10.1. The van der Waals surface area contributed by atoms with Crippen molar-refractivity contribution in [3.63, 3.8) is 0 Å². The van der Waals surface area contributed by atoms with Crippen molar-refractivity contribution < 1.29 is 9.47 Å². The van der Waals surface area contributed by atoms with Crippen LogP contribution in [0, 0.1) is 12.3 Å². The molecular formula is C14H17NO2. The van der Waals surface area contributed by atoms with Crippen molar-refractivity contribution >= 4 is 0 Å². The lowest BCUT2D eigenvalue weighted by Gasteiger charge is -2.24. The van der Waals surface area contributed by atoms with E-state index in [1.807, 2.05) is 32.0 Å². The topological polar surface area (TPSA) is 30.5 Å². The van der Waals surface area contributed by atoms with Crippen LogP contribution in [0.2, 0.25) is 0 Å². The van der Waals surface area contributed by atoms with E-state index in [4.69, 9.17) is 15.9 Å². The summed E-state index contributed by atoms with van der Waals surface area (Å²) in [7, 11) is 0. The van der Waals surface area contributed by atoms with Crippen LogP contribution < -0.4 is 14.8 Å². The minimum atomic E-state index is -0.321. The summed E-state index contributed by atoms with van der Waals surface area (Å²) in [4.78, 5) is 0. The standard InChI is InChI=1S/C14H17NO2/c1-4-14(2,3)15-10-11-6-5-7-12-13(11)17-9-8-16-12/h1,5-7,15H,8-10H2,2-3H3. The van der Waals surface area contributed by atoms with Crippen LogP contribution in [0.3, 0.4) is 0 Å². The first kappa shape index (κ1) is 11.8. The van der Waals surface area contributed by atoms with Crippen LogP contribution in [0.5, 0.6) is 11.5 Å². The number of para-hydroxylation sites is 1. The van der Waals surface area contributed by atoms with Gasteiger partial charge in [0.15, 0.2) is 11.5 Å². The molecule has 0 aromatic heterocycles. The van der Waals surface area contributed by atoms with Crippen molar-refractivity contribution in [3.05, 3.63) is 23.8 Å². The summed E-state index contributed by atoms with van der Waals surface area (Å²) in [6.07, 6.45) is 5.44. The Balaban J connectivity index is 2.14. The molecule has 3 heteroatoms. The summed E-state index contributed by atoms with van der Waals surface area (Å²) in [5.41, 5.74) is 0.753. The molecule has 1 aliphatic heterocycles. The normalized spacial score (nSPS) is 14.2. The summed E-state index contributed by atoms with van der Waals surface area (Å²) < 4.78 is 11.2. The third kappa shape index (κ3) is 2.72. The summed E-state index contributed by atoms with van der Waals surface area (Å²) in [6.45, 7) is 5.82. The summed E-state index contributed by atoms with van der Waals surface area (Å²) in [5.74, 6) is 4.35. The number of terminal acetylenes is 1. The zero-order valence-electron chi connectivity index (χ0n) is 10.2. The van der Waals surface area contributed by atoms with Gasteiger partial charge in [0.2, 0.25) is 0 Å². The molecule has 0 spiro atoms. The Morgan fingerprint density at radius 3 is 2.88 bits per heavy atom. The fraction of sp³-hybridized carbons (Fsp3) is 0.429. The monoisotopic (exact) mass is 231 g/mol. The minimum absolute atomic E-state index is 0.321. The minimum Gasteiger partial charge on any atom is -0.486 e. The zero-order valence-corrected chi connectivity index (χ0v) is 10.2. The van der Waals surface area contributed by atoms with E-state index in [1.54, 1.807) is 0 Å². The molecule has 0 unspecified atom stereocenters. The van der Waals surface area contributed by atoms with Crippen molar-refractivity contribution in [1.82, 2.24) is 5.32 Å². The van der Waals surface area contributed by atoms with Crippen LogP contribution in [0.25, 0.3) is 0 Å². The lowest BCUT2D eigenvalue weighted by Crippen LogP contribution is -2.37. The van der Waals surface area contributed by atoms with Gasteiger partial charge < -0.3 is 9.47 Å². The zero-order chi connectivity index (χ0) is 12.3. The van der Waals surface area contributed by atoms with Gasteiger partial charge >= 0.3 is 0 Å². The molecule has 0 amide bonds. The molecule has 17 heavy (non-hydrogen) atoms. The Kier molecular flexibility index (Phi) is 3.26.